The van der Waals surface area contributed by atoms with Gasteiger partial charge in [-0.3, -0.25) is 0 Å². The van der Waals surface area contributed by atoms with Gasteiger partial charge in [0, 0.05) is 0 Å². The van der Waals surface area contributed by atoms with Crippen molar-refractivity contribution in [3.05, 3.63) is 0 Å². The highest BCUT2D eigenvalue weighted by molar-refractivity contribution is 4.75. The minimum absolute atomic E-state index is 0.967. The minimum Gasteiger partial charge on any atom is -0.319 e. The largest absolute Gasteiger partial charge is 0.319 e. The van der Waals surface area contributed by atoms with Crippen molar-refractivity contribution in [3.8, 4) is 0 Å². The summed E-state index contributed by atoms with van der Waals surface area (Å²) in [7, 11) is 2.11. The fourth-order valence-corrected chi connectivity index (χ4v) is 3.03. The molecule has 0 aromatic heterocycles. The van der Waals surface area contributed by atoms with Crippen LogP contribution in [-0.2, 0) is 0 Å². The van der Waals surface area contributed by atoms with E-state index in [0.29, 0.717) is 0 Å². The van der Waals surface area contributed by atoms with Crippen molar-refractivity contribution in [2.45, 2.75) is 64.7 Å². The molecule has 1 N–H and O–H groups in total. The summed E-state index contributed by atoms with van der Waals surface area (Å²) in [5, 5.41) is 3.39. The Balaban J connectivity index is 2.32. The first-order valence-corrected chi connectivity index (χ1v) is 7.03. The maximum absolute atomic E-state index is 3.39. The van der Waals surface area contributed by atoms with Crippen LogP contribution in [0.5, 0.6) is 0 Å². The molecule has 0 radical (unpaired) electrons. The fourth-order valence-electron chi connectivity index (χ4n) is 3.03. The Hall–Kier alpha value is -0.0400. The van der Waals surface area contributed by atoms with E-state index in [0.717, 1.165) is 11.8 Å². The van der Waals surface area contributed by atoms with Crippen LogP contribution in [0, 0.1) is 11.8 Å². The van der Waals surface area contributed by atoms with E-state index >= 15 is 0 Å². The second kappa shape index (κ2) is 8.15. The number of hydrogen-bond donors (Lipinski definition) is 1. The zero-order chi connectivity index (χ0) is 10.9. The predicted molar refractivity (Wildman–Crippen MR) is 68.1 cm³/mol. The van der Waals surface area contributed by atoms with Crippen molar-refractivity contribution in [2.75, 3.05) is 13.6 Å². The highest BCUT2D eigenvalue weighted by Crippen LogP contribution is 2.32. The van der Waals surface area contributed by atoms with Crippen LogP contribution in [-0.4, -0.2) is 13.6 Å². The molecular weight excluding hydrogens is 182 g/mol. The van der Waals surface area contributed by atoms with Gasteiger partial charge in [0.1, 0.15) is 0 Å². The van der Waals surface area contributed by atoms with Crippen molar-refractivity contribution >= 4 is 0 Å². The Labute approximate surface area is 96.0 Å². The van der Waals surface area contributed by atoms with Gasteiger partial charge in [0.15, 0.2) is 0 Å². The molecule has 1 heteroatoms. The van der Waals surface area contributed by atoms with Crippen molar-refractivity contribution in [3.63, 3.8) is 0 Å². The number of rotatable bonds is 6. The van der Waals surface area contributed by atoms with E-state index < -0.39 is 0 Å². The zero-order valence-electron chi connectivity index (χ0n) is 10.7. The summed E-state index contributed by atoms with van der Waals surface area (Å²) in [6.45, 7) is 3.55. The molecular formula is C14H29N. The zero-order valence-corrected chi connectivity index (χ0v) is 10.7. The molecule has 2 unspecified atom stereocenters. The predicted octanol–water partition coefficient (Wildman–Crippen LogP) is 3.98. The lowest BCUT2D eigenvalue weighted by Gasteiger charge is -2.24. The number of unbranched alkanes of at least 4 members (excludes halogenated alkanes) is 2. The van der Waals surface area contributed by atoms with Crippen LogP contribution < -0.4 is 5.32 Å². The Kier molecular flexibility index (Phi) is 7.08. The van der Waals surface area contributed by atoms with Crippen LogP contribution in [0.2, 0.25) is 0 Å². The molecule has 1 fully saturated rings. The molecule has 0 amide bonds. The summed E-state index contributed by atoms with van der Waals surface area (Å²) in [6.07, 6.45) is 13.1. The van der Waals surface area contributed by atoms with E-state index in [1.165, 1.54) is 64.3 Å². The molecule has 0 saturated heterocycles. The molecule has 0 aromatic carbocycles. The van der Waals surface area contributed by atoms with Gasteiger partial charge in [-0.1, -0.05) is 58.3 Å². The van der Waals surface area contributed by atoms with Gasteiger partial charge in [0.05, 0.1) is 0 Å². The van der Waals surface area contributed by atoms with E-state index in [4.69, 9.17) is 0 Å². The van der Waals surface area contributed by atoms with Crippen LogP contribution in [0.1, 0.15) is 64.7 Å². The van der Waals surface area contributed by atoms with Crippen molar-refractivity contribution in [2.24, 2.45) is 11.8 Å². The maximum atomic E-state index is 3.39. The van der Waals surface area contributed by atoms with Crippen LogP contribution in [0.3, 0.4) is 0 Å². The summed E-state index contributed by atoms with van der Waals surface area (Å²) in [5.41, 5.74) is 0. The lowest BCUT2D eigenvalue weighted by atomic mass is 9.84. The third kappa shape index (κ3) is 5.01. The number of hydrogen-bond acceptors (Lipinski definition) is 1. The summed E-state index contributed by atoms with van der Waals surface area (Å²) in [5.74, 6) is 1.99. The standard InChI is InChI=1S/C14H29N/c1-3-4-6-9-13-10-7-5-8-11-14(13)12-15-2/h13-15H,3-12H2,1-2H3. The fraction of sp³-hybridized carbons (Fsp3) is 1.00. The highest BCUT2D eigenvalue weighted by Gasteiger charge is 2.22. The summed E-state index contributed by atoms with van der Waals surface area (Å²) in [4.78, 5) is 0. The third-order valence-corrected chi connectivity index (χ3v) is 3.96. The smallest absolute Gasteiger partial charge is 0.00209 e. The van der Waals surface area contributed by atoms with Gasteiger partial charge < -0.3 is 5.32 Å². The Morgan fingerprint density at radius 3 is 2.40 bits per heavy atom. The molecule has 2 atom stereocenters. The molecule has 90 valence electrons. The molecule has 1 aliphatic carbocycles. The Morgan fingerprint density at radius 1 is 1.00 bits per heavy atom. The van der Waals surface area contributed by atoms with Crippen molar-refractivity contribution < 1.29 is 0 Å². The molecule has 1 aliphatic rings. The van der Waals surface area contributed by atoms with E-state index in [-0.39, 0.29) is 0 Å². The van der Waals surface area contributed by atoms with Crippen LogP contribution in [0.4, 0.5) is 0 Å². The SMILES string of the molecule is CCCCCC1CCCCCC1CNC. The first kappa shape index (κ1) is 13.0. The molecule has 1 nitrogen and oxygen atoms in total. The third-order valence-electron chi connectivity index (χ3n) is 3.96. The van der Waals surface area contributed by atoms with E-state index in [1.54, 1.807) is 0 Å². The molecule has 0 aromatic rings. The normalized spacial score (nSPS) is 27.6. The average Bonchev–Trinajstić information content (AvgIpc) is 2.45. The van der Waals surface area contributed by atoms with Gasteiger partial charge in [0.25, 0.3) is 0 Å². The Bertz CT molecular complexity index is 144. The number of nitrogens with one attached hydrogen (secondary N) is 1. The lowest BCUT2D eigenvalue weighted by molar-refractivity contribution is 0.281. The van der Waals surface area contributed by atoms with Crippen LogP contribution >= 0.6 is 0 Å². The van der Waals surface area contributed by atoms with E-state index in [9.17, 15) is 0 Å². The van der Waals surface area contributed by atoms with Gasteiger partial charge in [-0.05, 0) is 31.8 Å². The van der Waals surface area contributed by atoms with Gasteiger partial charge in [-0.15, -0.1) is 0 Å². The second-order valence-corrected chi connectivity index (χ2v) is 5.21. The monoisotopic (exact) mass is 211 g/mol. The summed E-state index contributed by atoms with van der Waals surface area (Å²) < 4.78 is 0. The lowest BCUT2D eigenvalue weighted by Crippen LogP contribution is -2.25. The van der Waals surface area contributed by atoms with Gasteiger partial charge in [-0.2, -0.15) is 0 Å². The van der Waals surface area contributed by atoms with Gasteiger partial charge in [0.2, 0.25) is 0 Å². The molecule has 1 rings (SSSR count). The molecule has 0 spiro atoms. The summed E-state index contributed by atoms with van der Waals surface area (Å²) in [6, 6.07) is 0. The first-order chi connectivity index (χ1) is 7.38. The molecule has 0 bridgehead atoms. The van der Waals surface area contributed by atoms with Crippen LogP contribution in [0.15, 0.2) is 0 Å². The molecule has 15 heavy (non-hydrogen) atoms. The minimum atomic E-state index is 0.967. The quantitative estimate of drug-likeness (QED) is 0.517. The highest BCUT2D eigenvalue weighted by atomic mass is 14.8. The molecule has 1 saturated carbocycles. The first-order valence-electron chi connectivity index (χ1n) is 7.03. The topological polar surface area (TPSA) is 12.0 Å². The van der Waals surface area contributed by atoms with Crippen molar-refractivity contribution in [1.82, 2.24) is 5.32 Å². The maximum Gasteiger partial charge on any atom is -0.00209 e. The molecule has 0 aliphatic heterocycles. The van der Waals surface area contributed by atoms with E-state index in [1.807, 2.05) is 0 Å². The molecule has 0 heterocycles. The Morgan fingerprint density at radius 2 is 1.73 bits per heavy atom. The van der Waals surface area contributed by atoms with E-state index in [2.05, 4.69) is 19.3 Å². The van der Waals surface area contributed by atoms with Crippen LogP contribution in [0.25, 0.3) is 0 Å². The van der Waals surface area contributed by atoms with Gasteiger partial charge >= 0.3 is 0 Å². The summed E-state index contributed by atoms with van der Waals surface area (Å²) >= 11 is 0. The van der Waals surface area contributed by atoms with Crippen molar-refractivity contribution in [1.29, 1.82) is 0 Å². The average molecular weight is 211 g/mol. The second-order valence-electron chi connectivity index (χ2n) is 5.21. The van der Waals surface area contributed by atoms with Gasteiger partial charge in [-0.25, -0.2) is 0 Å².